The number of nitrogens with one attached hydrogen (secondary N) is 1. The molecule has 0 radical (unpaired) electrons. The van der Waals surface area contributed by atoms with Crippen LogP contribution in [0, 0.1) is 0 Å². The minimum atomic E-state index is -0.363. The molecule has 2 heterocycles. The average Bonchev–Trinajstić information content (AvgIpc) is 3.06. The summed E-state index contributed by atoms with van der Waals surface area (Å²) < 4.78 is 10.9. The highest BCUT2D eigenvalue weighted by molar-refractivity contribution is 6.04. The zero-order valence-electron chi connectivity index (χ0n) is 11.3. The Bertz CT molecular complexity index is 1010. The molecular weight excluding hydrogens is 284 g/mol. The van der Waals surface area contributed by atoms with Crippen LogP contribution in [0.1, 0.15) is 5.82 Å². The van der Waals surface area contributed by atoms with Crippen molar-refractivity contribution in [3.63, 3.8) is 0 Å². The molecule has 0 aliphatic rings. The van der Waals surface area contributed by atoms with Crippen molar-refractivity contribution < 1.29 is 9.15 Å². The molecule has 0 amide bonds. The third-order valence-corrected chi connectivity index (χ3v) is 3.35. The number of nitrogens with zero attached hydrogens (tertiary/aromatic N) is 3. The maximum Gasteiger partial charge on any atom is 0.344 e. The maximum atomic E-state index is 12.0. The van der Waals surface area contributed by atoms with E-state index in [9.17, 15) is 4.79 Å². The van der Waals surface area contributed by atoms with Crippen molar-refractivity contribution in [2.45, 2.75) is 6.61 Å². The summed E-state index contributed by atoms with van der Waals surface area (Å²) in [5.74, 6) is 1.01. The minimum absolute atomic E-state index is 0.180. The van der Waals surface area contributed by atoms with Crippen LogP contribution >= 0.6 is 0 Å². The molecule has 22 heavy (non-hydrogen) atoms. The molecule has 1 N–H and O–H groups in total. The SMILES string of the molecule is O=c1oc2cc(OCc3nn[nH]n3)ccc2c2ccccc12. The van der Waals surface area contributed by atoms with E-state index in [1.54, 1.807) is 12.1 Å². The lowest BCUT2D eigenvalue weighted by Gasteiger charge is -2.06. The number of hydrogen-bond donors (Lipinski definition) is 1. The van der Waals surface area contributed by atoms with E-state index in [-0.39, 0.29) is 12.2 Å². The fraction of sp³-hybridized carbons (Fsp3) is 0.0667. The molecule has 7 heteroatoms. The van der Waals surface area contributed by atoms with Crippen LogP contribution in [0.25, 0.3) is 21.7 Å². The van der Waals surface area contributed by atoms with Gasteiger partial charge in [-0.2, -0.15) is 5.21 Å². The van der Waals surface area contributed by atoms with Crippen molar-refractivity contribution in [1.29, 1.82) is 0 Å². The largest absolute Gasteiger partial charge is 0.485 e. The summed E-state index contributed by atoms with van der Waals surface area (Å²) in [5, 5.41) is 15.7. The molecule has 0 aliphatic heterocycles. The van der Waals surface area contributed by atoms with E-state index in [4.69, 9.17) is 9.15 Å². The van der Waals surface area contributed by atoms with Crippen LogP contribution < -0.4 is 10.4 Å². The molecule has 4 rings (SSSR count). The number of tetrazole rings is 1. The van der Waals surface area contributed by atoms with Gasteiger partial charge in [-0.15, -0.1) is 10.2 Å². The van der Waals surface area contributed by atoms with Crippen LogP contribution in [-0.2, 0) is 6.61 Å². The number of fused-ring (bicyclic) bond motifs is 3. The quantitative estimate of drug-likeness (QED) is 0.459. The monoisotopic (exact) mass is 294 g/mol. The lowest BCUT2D eigenvalue weighted by atomic mass is 10.1. The second-order valence-corrected chi connectivity index (χ2v) is 4.71. The van der Waals surface area contributed by atoms with Crippen molar-refractivity contribution in [3.8, 4) is 5.75 Å². The predicted molar refractivity (Wildman–Crippen MR) is 78.5 cm³/mol. The van der Waals surface area contributed by atoms with Gasteiger partial charge in [0.2, 0.25) is 5.82 Å². The summed E-state index contributed by atoms with van der Waals surface area (Å²) in [6.07, 6.45) is 0. The Balaban J connectivity index is 1.77. The Morgan fingerprint density at radius 3 is 2.77 bits per heavy atom. The Kier molecular flexibility index (Phi) is 2.82. The van der Waals surface area contributed by atoms with Crippen LogP contribution in [0.15, 0.2) is 51.7 Å². The molecule has 0 spiro atoms. The number of benzene rings is 2. The molecular formula is C15H10N4O3. The third-order valence-electron chi connectivity index (χ3n) is 3.35. The summed E-state index contributed by atoms with van der Waals surface area (Å²) in [4.78, 5) is 12.0. The Morgan fingerprint density at radius 2 is 1.95 bits per heavy atom. The molecule has 2 aromatic carbocycles. The van der Waals surface area contributed by atoms with Crippen molar-refractivity contribution in [1.82, 2.24) is 20.6 Å². The van der Waals surface area contributed by atoms with Gasteiger partial charge in [0.1, 0.15) is 11.3 Å². The van der Waals surface area contributed by atoms with Crippen LogP contribution in [0.2, 0.25) is 0 Å². The Morgan fingerprint density at radius 1 is 1.09 bits per heavy atom. The second-order valence-electron chi connectivity index (χ2n) is 4.71. The Labute approximate surface area is 123 Å². The van der Waals surface area contributed by atoms with Gasteiger partial charge >= 0.3 is 5.63 Å². The number of hydrogen-bond acceptors (Lipinski definition) is 6. The first-order valence-electron chi connectivity index (χ1n) is 6.62. The molecule has 108 valence electrons. The van der Waals surface area contributed by atoms with Gasteiger partial charge in [-0.3, -0.25) is 0 Å². The van der Waals surface area contributed by atoms with Gasteiger partial charge in [0.05, 0.1) is 5.39 Å². The number of ether oxygens (including phenoxy) is 1. The zero-order valence-corrected chi connectivity index (χ0v) is 11.3. The first-order chi connectivity index (χ1) is 10.8. The standard InChI is InChI=1S/C15H10N4O3/c20-15-12-4-2-1-3-10(12)11-6-5-9(7-13(11)22-15)21-8-14-16-18-19-17-14/h1-7H,8H2,(H,16,17,18,19). The van der Waals surface area contributed by atoms with E-state index in [2.05, 4.69) is 20.6 Å². The fourth-order valence-corrected chi connectivity index (χ4v) is 2.34. The molecule has 2 aromatic heterocycles. The van der Waals surface area contributed by atoms with Gasteiger partial charge in [-0.1, -0.05) is 23.4 Å². The summed E-state index contributed by atoms with van der Waals surface area (Å²) in [7, 11) is 0. The zero-order chi connectivity index (χ0) is 14.9. The summed E-state index contributed by atoms with van der Waals surface area (Å²) in [6, 6.07) is 12.7. The van der Waals surface area contributed by atoms with Gasteiger partial charge in [0.25, 0.3) is 0 Å². The molecule has 0 unspecified atom stereocenters. The Hall–Kier alpha value is -3.22. The smallest absolute Gasteiger partial charge is 0.344 e. The van der Waals surface area contributed by atoms with E-state index < -0.39 is 0 Å². The molecule has 0 fully saturated rings. The van der Waals surface area contributed by atoms with Gasteiger partial charge in [-0.25, -0.2) is 4.79 Å². The molecule has 0 atom stereocenters. The number of rotatable bonds is 3. The highest BCUT2D eigenvalue weighted by Crippen LogP contribution is 2.26. The predicted octanol–water partition coefficient (Wildman–Crippen LogP) is 2.04. The van der Waals surface area contributed by atoms with E-state index in [0.29, 0.717) is 22.5 Å². The van der Waals surface area contributed by atoms with Crippen molar-refractivity contribution in [2.75, 3.05) is 0 Å². The molecule has 0 saturated heterocycles. The first-order valence-corrected chi connectivity index (χ1v) is 6.62. The molecule has 0 aliphatic carbocycles. The van der Waals surface area contributed by atoms with Crippen molar-refractivity contribution in [2.24, 2.45) is 0 Å². The summed E-state index contributed by atoms with van der Waals surface area (Å²) >= 11 is 0. The van der Waals surface area contributed by atoms with Gasteiger partial charge in [-0.05, 0) is 23.6 Å². The average molecular weight is 294 g/mol. The molecule has 0 bridgehead atoms. The highest BCUT2D eigenvalue weighted by atomic mass is 16.5. The highest BCUT2D eigenvalue weighted by Gasteiger charge is 2.08. The summed E-state index contributed by atoms with van der Waals surface area (Å²) in [5.41, 5.74) is 0.118. The third kappa shape index (κ3) is 2.08. The number of aromatic amines is 1. The van der Waals surface area contributed by atoms with E-state index >= 15 is 0 Å². The van der Waals surface area contributed by atoms with Crippen molar-refractivity contribution in [3.05, 3.63) is 58.7 Å². The lowest BCUT2D eigenvalue weighted by molar-refractivity contribution is 0.296. The van der Waals surface area contributed by atoms with Crippen LogP contribution in [0.3, 0.4) is 0 Å². The second kappa shape index (κ2) is 4.96. The van der Waals surface area contributed by atoms with Crippen LogP contribution in [0.5, 0.6) is 5.75 Å². The minimum Gasteiger partial charge on any atom is -0.485 e. The van der Waals surface area contributed by atoms with Crippen molar-refractivity contribution >= 4 is 21.7 Å². The number of aromatic nitrogens is 4. The molecule has 4 aromatic rings. The van der Waals surface area contributed by atoms with E-state index in [0.717, 1.165) is 10.8 Å². The van der Waals surface area contributed by atoms with Gasteiger partial charge in [0, 0.05) is 11.5 Å². The summed E-state index contributed by atoms with van der Waals surface area (Å²) in [6.45, 7) is 0.180. The normalized spacial score (nSPS) is 11.1. The van der Waals surface area contributed by atoms with E-state index in [1.807, 2.05) is 30.3 Å². The fourth-order valence-electron chi connectivity index (χ4n) is 2.34. The molecule has 0 saturated carbocycles. The molecule has 7 nitrogen and oxygen atoms in total. The van der Waals surface area contributed by atoms with Gasteiger partial charge in [0.15, 0.2) is 6.61 Å². The lowest BCUT2D eigenvalue weighted by Crippen LogP contribution is -2.00. The van der Waals surface area contributed by atoms with E-state index in [1.165, 1.54) is 0 Å². The topological polar surface area (TPSA) is 93.9 Å². The van der Waals surface area contributed by atoms with Crippen LogP contribution in [-0.4, -0.2) is 20.6 Å². The maximum absolute atomic E-state index is 12.0. The number of H-pyrrole nitrogens is 1. The van der Waals surface area contributed by atoms with Crippen LogP contribution in [0.4, 0.5) is 0 Å². The first kappa shape index (κ1) is 12.5. The van der Waals surface area contributed by atoms with Gasteiger partial charge < -0.3 is 9.15 Å².